The van der Waals surface area contributed by atoms with Crippen LogP contribution >= 0.6 is 0 Å². The third kappa shape index (κ3) is 1.08. The Balaban J connectivity index is 1.74. The number of hydrogen-bond acceptors (Lipinski definition) is 2. The molecule has 0 spiro atoms. The van der Waals surface area contributed by atoms with E-state index in [0.717, 1.165) is 25.2 Å². The van der Waals surface area contributed by atoms with Crippen LogP contribution in [-0.2, 0) is 4.74 Å². The van der Waals surface area contributed by atoms with E-state index in [2.05, 4.69) is 5.32 Å². The summed E-state index contributed by atoms with van der Waals surface area (Å²) in [5.41, 5.74) is 0.564. The third-order valence-corrected chi connectivity index (χ3v) is 4.41. The van der Waals surface area contributed by atoms with Crippen molar-refractivity contribution in [3.63, 3.8) is 0 Å². The smallest absolute Gasteiger partial charge is 0.0562 e. The van der Waals surface area contributed by atoms with E-state index in [1.54, 1.807) is 0 Å². The summed E-state index contributed by atoms with van der Waals surface area (Å²) < 4.78 is 5.47. The first-order valence-corrected chi connectivity index (χ1v) is 5.73. The monoisotopic (exact) mass is 181 g/mol. The van der Waals surface area contributed by atoms with Gasteiger partial charge in [-0.1, -0.05) is 6.42 Å². The van der Waals surface area contributed by atoms with Gasteiger partial charge in [-0.2, -0.15) is 0 Å². The highest BCUT2D eigenvalue weighted by Crippen LogP contribution is 2.50. The van der Waals surface area contributed by atoms with Crippen molar-refractivity contribution in [2.24, 2.45) is 11.3 Å². The van der Waals surface area contributed by atoms with E-state index in [9.17, 15) is 0 Å². The molecule has 2 heterocycles. The van der Waals surface area contributed by atoms with Crippen LogP contribution in [-0.4, -0.2) is 25.8 Å². The predicted molar refractivity (Wildman–Crippen MR) is 51.6 cm³/mol. The summed E-state index contributed by atoms with van der Waals surface area (Å²) in [6.07, 6.45) is 7.14. The van der Waals surface area contributed by atoms with Gasteiger partial charge in [0, 0.05) is 11.5 Å². The molecule has 0 amide bonds. The Morgan fingerprint density at radius 2 is 1.92 bits per heavy atom. The molecular weight excluding hydrogens is 162 g/mol. The summed E-state index contributed by atoms with van der Waals surface area (Å²) in [6.45, 7) is 3.31. The molecule has 2 heteroatoms. The van der Waals surface area contributed by atoms with Crippen LogP contribution < -0.4 is 5.32 Å². The van der Waals surface area contributed by atoms with Gasteiger partial charge in [-0.05, 0) is 38.1 Å². The molecule has 1 saturated carbocycles. The van der Waals surface area contributed by atoms with Crippen molar-refractivity contribution in [3.8, 4) is 0 Å². The fraction of sp³-hybridized carbons (Fsp3) is 1.00. The maximum atomic E-state index is 5.47. The molecule has 0 radical (unpaired) electrons. The standard InChI is InChI=1S/C11H19NO/c1-3-9(4-1)11(7-13-8-11)10-5-2-6-12-10/h9-10,12H,1-8H2. The van der Waals surface area contributed by atoms with Crippen LogP contribution in [0.3, 0.4) is 0 Å². The second-order valence-electron chi connectivity index (χ2n) is 5.00. The zero-order valence-corrected chi connectivity index (χ0v) is 8.22. The molecule has 0 bridgehead atoms. The summed E-state index contributed by atoms with van der Waals surface area (Å²) in [6, 6.07) is 0.784. The molecule has 1 aliphatic carbocycles. The molecule has 1 unspecified atom stereocenters. The molecule has 2 saturated heterocycles. The lowest BCUT2D eigenvalue weighted by Gasteiger charge is -2.54. The SMILES string of the molecule is C1CC(C2(C3CCCN3)COC2)C1. The first kappa shape index (κ1) is 8.25. The van der Waals surface area contributed by atoms with Gasteiger partial charge >= 0.3 is 0 Å². The largest absolute Gasteiger partial charge is 0.380 e. The van der Waals surface area contributed by atoms with Crippen molar-refractivity contribution in [1.29, 1.82) is 0 Å². The van der Waals surface area contributed by atoms with Crippen LogP contribution in [0, 0.1) is 11.3 Å². The van der Waals surface area contributed by atoms with Crippen molar-refractivity contribution < 1.29 is 4.74 Å². The minimum Gasteiger partial charge on any atom is -0.380 e. The lowest BCUT2D eigenvalue weighted by molar-refractivity contribution is -0.177. The zero-order valence-electron chi connectivity index (χ0n) is 8.22. The molecule has 74 valence electrons. The average molecular weight is 181 g/mol. The van der Waals surface area contributed by atoms with Gasteiger partial charge in [0.15, 0.2) is 0 Å². The lowest BCUT2D eigenvalue weighted by atomic mass is 9.60. The number of ether oxygens (including phenoxy) is 1. The van der Waals surface area contributed by atoms with Crippen molar-refractivity contribution in [2.75, 3.05) is 19.8 Å². The minimum atomic E-state index is 0.564. The highest BCUT2D eigenvalue weighted by atomic mass is 16.5. The molecule has 2 aliphatic heterocycles. The van der Waals surface area contributed by atoms with E-state index in [-0.39, 0.29) is 0 Å². The topological polar surface area (TPSA) is 21.3 Å². The summed E-state index contributed by atoms with van der Waals surface area (Å²) in [7, 11) is 0. The quantitative estimate of drug-likeness (QED) is 0.698. The molecule has 0 aromatic rings. The third-order valence-electron chi connectivity index (χ3n) is 4.41. The van der Waals surface area contributed by atoms with Crippen LogP contribution in [0.1, 0.15) is 32.1 Å². The Bertz CT molecular complexity index is 190. The van der Waals surface area contributed by atoms with E-state index in [1.165, 1.54) is 38.6 Å². The van der Waals surface area contributed by atoms with Gasteiger partial charge < -0.3 is 10.1 Å². The molecule has 3 rings (SSSR count). The van der Waals surface area contributed by atoms with Crippen molar-refractivity contribution >= 4 is 0 Å². The van der Waals surface area contributed by atoms with Crippen LogP contribution in [0.2, 0.25) is 0 Å². The summed E-state index contributed by atoms with van der Waals surface area (Å²) >= 11 is 0. The van der Waals surface area contributed by atoms with Gasteiger partial charge in [-0.15, -0.1) is 0 Å². The second kappa shape index (κ2) is 2.96. The fourth-order valence-electron chi connectivity index (χ4n) is 3.22. The number of hydrogen-bond donors (Lipinski definition) is 1. The Morgan fingerprint density at radius 1 is 1.08 bits per heavy atom. The van der Waals surface area contributed by atoms with Crippen molar-refractivity contribution in [3.05, 3.63) is 0 Å². The number of nitrogens with one attached hydrogen (secondary N) is 1. The van der Waals surface area contributed by atoms with Gasteiger partial charge in [0.2, 0.25) is 0 Å². The molecule has 0 aromatic carbocycles. The van der Waals surface area contributed by atoms with Gasteiger partial charge in [0.05, 0.1) is 13.2 Å². The minimum absolute atomic E-state index is 0.564. The Morgan fingerprint density at radius 3 is 2.31 bits per heavy atom. The van der Waals surface area contributed by atoms with E-state index < -0.39 is 0 Å². The molecule has 0 aromatic heterocycles. The molecule has 1 N–H and O–H groups in total. The molecule has 3 aliphatic rings. The van der Waals surface area contributed by atoms with Gasteiger partial charge in [-0.3, -0.25) is 0 Å². The predicted octanol–water partition coefficient (Wildman–Crippen LogP) is 1.56. The molecule has 3 fully saturated rings. The Kier molecular flexibility index (Phi) is 1.88. The maximum absolute atomic E-state index is 5.47. The van der Waals surface area contributed by atoms with E-state index in [4.69, 9.17) is 4.74 Å². The summed E-state index contributed by atoms with van der Waals surface area (Å²) in [5, 5.41) is 3.67. The normalized spacial score (nSPS) is 38.3. The molecule has 1 atom stereocenters. The van der Waals surface area contributed by atoms with E-state index >= 15 is 0 Å². The number of rotatable bonds is 2. The lowest BCUT2D eigenvalue weighted by Crippen LogP contribution is -2.60. The molecule has 13 heavy (non-hydrogen) atoms. The summed E-state index contributed by atoms with van der Waals surface area (Å²) in [4.78, 5) is 0. The van der Waals surface area contributed by atoms with Crippen molar-refractivity contribution in [2.45, 2.75) is 38.1 Å². The van der Waals surface area contributed by atoms with Crippen LogP contribution in [0.5, 0.6) is 0 Å². The van der Waals surface area contributed by atoms with Crippen LogP contribution in [0.15, 0.2) is 0 Å². The van der Waals surface area contributed by atoms with Gasteiger partial charge in [0.25, 0.3) is 0 Å². The van der Waals surface area contributed by atoms with Crippen molar-refractivity contribution in [1.82, 2.24) is 5.32 Å². The summed E-state index contributed by atoms with van der Waals surface area (Å²) in [5.74, 6) is 0.983. The van der Waals surface area contributed by atoms with Crippen LogP contribution in [0.4, 0.5) is 0 Å². The van der Waals surface area contributed by atoms with Gasteiger partial charge in [-0.25, -0.2) is 0 Å². The highest BCUT2D eigenvalue weighted by Gasteiger charge is 2.53. The molecular formula is C11H19NO. The van der Waals surface area contributed by atoms with E-state index in [0.29, 0.717) is 5.41 Å². The molecule has 2 nitrogen and oxygen atoms in total. The zero-order chi connectivity index (χ0) is 8.73. The van der Waals surface area contributed by atoms with Gasteiger partial charge in [0.1, 0.15) is 0 Å². The first-order chi connectivity index (χ1) is 6.42. The Labute approximate surface area is 80.0 Å². The van der Waals surface area contributed by atoms with Crippen LogP contribution in [0.25, 0.3) is 0 Å². The van der Waals surface area contributed by atoms with E-state index in [1.807, 2.05) is 0 Å². The second-order valence-corrected chi connectivity index (χ2v) is 5.00. The fourth-order valence-corrected chi connectivity index (χ4v) is 3.22. The highest BCUT2D eigenvalue weighted by molar-refractivity contribution is 5.04. The Hall–Kier alpha value is -0.0800. The first-order valence-electron chi connectivity index (χ1n) is 5.73. The average Bonchev–Trinajstić information content (AvgIpc) is 2.43. The maximum Gasteiger partial charge on any atom is 0.0562 e.